The van der Waals surface area contributed by atoms with Gasteiger partial charge < -0.3 is 0 Å². The minimum atomic E-state index is 0.504. The Morgan fingerprint density at radius 1 is 1.04 bits per heavy atom. The van der Waals surface area contributed by atoms with Crippen LogP contribution < -0.4 is 8.51 Å². The van der Waals surface area contributed by atoms with Gasteiger partial charge in [-0.1, -0.05) is 0 Å². The summed E-state index contributed by atoms with van der Waals surface area (Å²) in [5.74, 6) is 7.62. The van der Waals surface area contributed by atoms with Gasteiger partial charge in [-0.05, 0) is 0 Å². The standard InChI is InChI=1S/C21H20OSSe/c1-3-4-15-24-21-18(17-10-6-8-12-20(17)23-21)14-13-16-9-5-7-11-19(16)22-2/h5-12H,3-4,15H2,1-2H3. The maximum atomic E-state index is 5.42. The molecule has 2 aromatic carbocycles. The van der Waals surface area contributed by atoms with Crippen LogP contribution in [0, 0.1) is 11.8 Å². The summed E-state index contributed by atoms with van der Waals surface area (Å²) in [5.41, 5.74) is 2.17. The third kappa shape index (κ3) is 3.84. The molecular weight excluding hydrogens is 379 g/mol. The number of rotatable bonds is 5. The first kappa shape index (κ1) is 17.1. The molecule has 3 heteroatoms. The number of thiophene rings is 1. The van der Waals surface area contributed by atoms with Crippen LogP contribution in [0.15, 0.2) is 48.5 Å². The van der Waals surface area contributed by atoms with Crippen LogP contribution in [0.3, 0.4) is 0 Å². The van der Waals surface area contributed by atoms with Gasteiger partial charge in [0.1, 0.15) is 0 Å². The van der Waals surface area contributed by atoms with Crippen molar-refractivity contribution in [3.8, 4) is 17.6 Å². The van der Waals surface area contributed by atoms with Crippen LogP contribution in [0.2, 0.25) is 5.32 Å². The summed E-state index contributed by atoms with van der Waals surface area (Å²) in [7, 11) is 1.69. The van der Waals surface area contributed by atoms with Crippen LogP contribution in [0.4, 0.5) is 0 Å². The third-order valence-electron chi connectivity index (χ3n) is 3.72. The number of unbranched alkanes of at least 4 members (excludes halogenated alkanes) is 1. The van der Waals surface area contributed by atoms with Gasteiger partial charge in [0.2, 0.25) is 0 Å². The molecule has 1 heterocycles. The quantitative estimate of drug-likeness (QED) is 0.338. The Morgan fingerprint density at radius 3 is 2.67 bits per heavy atom. The van der Waals surface area contributed by atoms with Crippen molar-refractivity contribution in [1.29, 1.82) is 0 Å². The summed E-state index contributed by atoms with van der Waals surface area (Å²) in [4.78, 5) is 0. The number of hydrogen-bond donors (Lipinski definition) is 0. The van der Waals surface area contributed by atoms with Gasteiger partial charge in [0.15, 0.2) is 0 Å². The molecule has 0 N–H and O–H groups in total. The van der Waals surface area contributed by atoms with E-state index in [1.807, 2.05) is 35.6 Å². The minimum absolute atomic E-state index is 0.504. The normalized spacial score (nSPS) is 10.4. The van der Waals surface area contributed by atoms with Gasteiger partial charge in [-0.25, -0.2) is 0 Å². The first-order valence-electron chi connectivity index (χ1n) is 8.13. The summed E-state index contributed by atoms with van der Waals surface area (Å²) in [6.07, 6.45) is 2.56. The predicted molar refractivity (Wildman–Crippen MR) is 106 cm³/mol. The van der Waals surface area contributed by atoms with Crippen molar-refractivity contribution in [3.63, 3.8) is 0 Å². The van der Waals surface area contributed by atoms with Crippen LogP contribution in [0.25, 0.3) is 10.1 Å². The van der Waals surface area contributed by atoms with E-state index in [1.165, 1.54) is 37.6 Å². The van der Waals surface area contributed by atoms with Crippen molar-refractivity contribution < 1.29 is 4.74 Å². The van der Waals surface area contributed by atoms with E-state index in [0.29, 0.717) is 15.0 Å². The number of ether oxygens (including phenoxy) is 1. The molecule has 0 unspecified atom stereocenters. The average molecular weight is 399 g/mol. The van der Waals surface area contributed by atoms with Crippen molar-refractivity contribution in [1.82, 2.24) is 0 Å². The molecule has 0 aliphatic rings. The van der Waals surface area contributed by atoms with Crippen LogP contribution in [-0.2, 0) is 0 Å². The summed E-state index contributed by atoms with van der Waals surface area (Å²) in [6.45, 7) is 2.25. The fourth-order valence-corrected chi connectivity index (χ4v) is 6.69. The molecule has 0 amide bonds. The first-order chi connectivity index (χ1) is 11.8. The molecule has 122 valence electrons. The van der Waals surface area contributed by atoms with Gasteiger partial charge >= 0.3 is 154 Å². The van der Waals surface area contributed by atoms with Crippen molar-refractivity contribution >= 4 is 40.2 Å². The van der Waals surface area contributed by atoms with Gasteiger partial charge in [-0.15, -0.1) is 0 Å². The summed E-state index contributed by atoms with van der Waals surface area (Å²) in [6, 6.07) is 16.6. The van der Waals surface area contributed by atoms with E-state index >= 15 is 0 Å². The van der Waals surface area contributed by atoms with Crippen molar-refractivity contribution in [2.24, 2.45) is 0 Å². The zero-order valence-electron chi connectivity index (χ0n) is 14.0. The fourth-order valence-electron chi connectivity index (χ4n) is 2.43. The number of para-hydroxylation sites is 1. The van der Waals surface area contributed by atoms with Crippen LogP contribution in [0.1, 0.15) is 30.9 Å². The molecule has 0 bridgehead atoms. The van der Waals surface area contributed by atoms with Gasteiger partial charge in [-0.2, -0.15) is 0 Å². The number of hydrogen-bond acceptors (Lipinski definition) is 2. The molecule has 3 aromatic rings. The Morgan fingerprint density at radius 2 is 1.83 bits per heavy atom. The summed E-state index contributed by atoms with van der Waals surface area (Å²) >= 11 is 2.42. The summed E-state index contributed by atoms with van der Waals surface area (Å²) in [5, 5.41) is 2.58. The van der Waals surface area contributed by atoms with E-state index in [2.05, 4.69) is 43.0 Å². The number of benzene rings is 2. The second kappa shape index (κ2) is 8.40. The first-order valence-corrected chi connectivity index (χ1v) is 11.0. The second-order valence-electron chi connectivity index (χ2n) is 5.41. The second-order valence-corrected chi connectivity index (χ2v) is 9.37. The van der Waals surface area contributed by atoms with Crippen molar-refractivity contribution in [2.75, 3.05) is 7.11 Å². The van der Waals surface area contributed by atoms with E-state index in [0.717, 1.165) is 11.3 Å². The van der Waals surface area contributed by atoms with Gasteiger partial charge in [0.05, 0.1) is 0 Å². The van der Waals surface area contributed by atoms with Crippen LogP contribution >= 0.6 is 11.3 Å². The van der Waals surface area contributed by atoms with E-state index in [1.54, 1.807) is 7.11 Å². The Labute approximate surface area is 154 Å². The van der Waals surface area contributed by atoms with Gasteiger partial charge in [-0.3, -0.25) is 0 Å². The van der Waals surface area contributed by atoms with Gasteiger partial charge in [0, 0.05) is 0 Å². The maximum absolute atomic E-state index is 5.42. The Balaban J connectivity index is 2.01. The summed E-state index contributed by atoms with van der Waals surface area (Å²) < 4.78 is 8.23. The molecule has 0 aliphatic carbocycles. The molecule has 3 rings (SSSR count). The van der Waals surface area contributed by atoms with Crippen LogP contribution in [-0.4, -0.2) is 22.1 Å². The molecule has 0 fully saturated rings. The Kier molecular flexibility index (Phi) is 5.99. The van der Waals surface area contributed by atoms with E-state index in [9.17, 15) is 0 Å². The van der Waals surface area contributed by atoms with Crippen molar-refractivity contribution in [2.45, 2.75) is 25.1 Å². The molecule has 1 aromatic heterocycles. The monoisotopic (exact) mass is 400 g/mol. The molecule has 0 aliphatic heterocycles. The van der Waals surface area contributed by atoms with Crippen LogP contribution in [0.5, 0.6) is 5.75 Å². The molecule has 0 spiro atoms. The van der Waals surface area contributed by atoms with Gasteiger partial charge in [0.25, 0.3) is 0 Å². The van der Waals surface area contributed by atoms with E-state index in [-0.39, 0.29) is 0 Å². The Bertz CT molecular complexity index is 885. The average Bonchev–Trinajstić information content (AvgIpc) is 2.98. The van der Waals surface area contributed by atoms with Crippen molar-refractivity contribution in [3.05, 3.63) is 59.7 Å². The topological polar surface area (TPSA) is 9.23 Å². The molecule has 0 saturated carbocycles. The molecule has 24 heavy (non-hydrogen) atoms. The molecule has 0 saturated heterocycles. The number of methoxy groups -OCH3 is 1. The van der Waals surface area contributed by atoms with E-state index in [4.69, 9.17) is 4.74 Å². The molecule has 0 radical (unpaired) electrons. The molecular formula is C21H20OSSe. The zero-order chi connectivity index (χ0) is 16.8. The number of fused-ring (bicyclic) bond motifs is 1. The SMILES string of the molecule is CCCC[Se]c1sc2ccccc2c1C#Cc1ccccc1OC. The zero-order valence-corrected chi connectivity index (χ0v) is 16.5. The fraction of sp³-hybridized carbons (Fsp3) is 0.238. The molecule has 1 nitrogen and oxygen atoms in total. The third-order valence-corrected chi connectivity index (χ3v) is 7.84. The molecule has 0 atom stereocenters. The predicted octanol–water partition coefficient (Wildman–Crippen LogP) is 4.86. The van der Waals surface area contributed by atoms with E-state index < -0.39 is 0 Å². The Hall–Kier alpha value is -1.72.